The van der Waals surface area contributed by atoms with Gasteiger partial charge >= 0.3 is 17.6 Å². The van der Waals surface area contributed by atoms with Gasteiger partial charge in [0.15, 0.2) is 12.2 Å². The van der Waals surface area contributed by atoms with Crippen LogP contribution < -0.4 is 10.4 Å². The number of aliphatic hydroxyl groups excluding tert-OH is 3. The van der Waals surface area contributed by atoms with Gasteiger partial charge in [-0.1, -0.05) is 128 Å². The third-order valence-electron chi connectivity index (χ3n) is 20.1. The van der Waals surface area contributed by atoms with Crippen molar-refractivity contribution in [3.8, 4) is 5.75 Å². The van der Waals surface area contributed by atoms with E-state index in [1.807, 2.05) is 13.0 Å². The molecule has 0 unspecified atom stereocenters. The van der Waals surface area contributed by atoms with Crippen molar-refractivity contribution in [1.29, 1.82) is 0 Å². The Morgan fingerprint density at radius 1 is 0.790 bits per heavy atom. The number of carbonyl (C=O) groups is 2. The fourth-order valence-electron chi connectivity index (χ4n) is 15.8. The van der Waals surface area contributed by atoms with E-state index < -0.39 is 47.9 Å². The number of aliphatic hydroxyl groups is 3. The minimum absolute atomic E-state index is 0.0403. The van der Waals surface area contributed by atoms with Crippen molar-refractivity contribution in [3.05, 3.63) is 199 Å². The van der Waals surface area contributed by atoms with Crippen LogP contribution >= 0.6 is 0 Å². The van der Waals surface area contributed by atoms with E-state index in [9.17, 15) is 20.1 Å². The molecule has 7 aliphatic rings. The molecule has 0 spiro atoms. The molecule has 3 fully saturated rings. The highest BCUT2D eigenvalue weighted by atomic mass is 16.6. The second-order valence-electron chi connectivity index (χ2n) is 24.4. The predicted molar refractivity (Wildman–Crippen MR) is 311 cm³/mol. The maximum atomic E-state index is 15.7. The predicted octanol–water partition coefficient (Wildman–Crippen LogP) is 12.8. The normalized spacial score (nSPS) is 27.9. The molecule has 0 saturated heterocycles. The highest BCUT2D eigenvalue weighted by molar-refractivity contribution is 5.90. The van der Waals surface area contributed by atoms with Crippen LogP contribution in [0.15, 0.2) is 142 Å². The fourth-order valence-corrected chi connectivity index (χ4v) is 15.8. The molecule has 4 aliphatic carbocycles. The summed E-state index contributed by atoms with van der Waals surface area (Å²) >= 11 is 0. The summed E-state index contributed by atoms with van der Waals surface area (Å²) in [6.45, 7) is 2.64. The number of rotatable bonds is 11. The molecule has 422 valence electrons. The van der Waals surface area contributed by atoms with Crippen molar-refractivity contribution in [1.82, 2.24) is 0 Å². The van der Waals surface area contributed by atoms with Gasteiger partial charge in [0.25, 0.3) is 0 Å². The highest BCUT2D eigenvalue weighted by Crippen LogP contribution is 2.58. The van der Waals surface area contributed by atoms with Crippen molar-refractivity contribution in [3.63, 3.8) is 0 Å². The van der Waals surface area contributed by atoms with Gasteiger partial charge in [-0.2, -0.15) is 0 Å². The van der Waals surface area contributed by atoms with E-state index in [0.29, 0.717) is 47.1 Å². The van der Waals surface area contributed by atoms with E-state index in [4.69, 9.17) is 23.4 Å². The van der Waals surface area contributed by atoms with Crippen LogP contribution in [0.5, 0.6) is 5.75 Å². The number of ether oxygens (including phenoxy) is 4. The molecule has 5 aromatic carbocycles. The van der Waals surface area contributed by atoms with Gasteiger partial charge in [-0.25, -0.2) is 9.59 Å². The zero-order valence-corrected chi connectivity index (χ0v) is 46.9. The number of aryl methyl sites for hydroxylation is 1. The monoisotopic (exact) mass is 1090 g/mol. The molecule has 3 saturated carbocycles. The maximum absolute atomic E-state index is 15.7. The lowest BCUT2D eigenvalue weighted by Crippen LogP contribution is -2.58. The third kappa shape index (κ3) is 10.1. The molecule has 0 radical (unpaired) electrons. The second kappa shape index (κ2) is 23.0. The summed E-state index contributed by atoms with van der Waals surface area (Å²) in [5, 5.41) is 32.4. The van der Waals surface area contributed by atoms with Crippen LogP contribution in [0.4, 0.5) is 0 Å². The maximum Gasteiger partial charge on any atom is 0.340 e. The topological polar surface area (TPSA) is 162 Å². The molecule has 3 N–H and O–H groups in total. The molecular formula is C70H76O11. The van der Waals surface area contributed by atoms with Crippen LogP contribution in [0.2, 0.25) is 0 Å². The largest absolute Gasteiger partial charge is 0.483 e. The zero-order valence-electron chi connectivity index (χ0n) is 46.9. The minimum Gasteiger partial charge on any atom is -0.483 e. The van der Waals surface area contributed by atoms with Gasteiger partial charge in [0.1, 0.15) is 16.9 Å². The lowest BCUT2D eigenvalue weighted by Gasteiger charge is -2.48. The van der Waals surface area contributed by atoms with E-state index in [1.165, 1.54) is 47.8 Å². The number of hydrogen-bond acceptors (Lipinski definition) is 11. The standard InChI is InChI=1S/C70H76O11/c1-42(39-72)54-26-20-43-18-21-45(22-19-43)55-27-25-47(46-13-11-16-52(35-46)70(31-9-10-32-70)51-14-5-4-6-15-51)34-50(55)37-61(74)78-65-63-60(29-28-57-59(40-73)62(68(76)79-64(57)63)49(30-33-71)41-77-3)81-69(2,66(65)80-67(54)75)53-36-48-24-23-44-12-7-8-17-56(44)58(48)38-53/h4-8,11-19,21-24,28-29,35,47-50,53,55,58,65-66,71-73H,9-10,20,25-27,30-34,36-41H2,1-3H3/b54-42-/t47-,48+,49-,50+,53+,55+,58-,65-,66+,69+/m1/s1. The highest BCUT2D eigenvalue weighted by Gasteiger charge is 2.59. The fraction of sp³-hybridized carbons (Fsp3) is 0.443. The van der Waals surface area contributed by atoms with Crippen molar-refractivity contribution < 1.29 is 48.3 Å². The molecule has 3 aliphatic heterocycles. The molecule has 4 heterocycles. The van der Waals surface area contributed by atoms with Crippen molar-refractivity contribution in [2.75, 3.05) is 26.9 Å². The van der Waals surface area contributed by atoms with Crippen molar-refractivity contribution in [2.24, 2.45) is 17.8 Å². The summed E-state index contributed by atoms with van der Waals surface area (Å²) in [6.07, 6.45) is 11.4. The summed E-state index contributed by atoms with van der Waals surface area (Å²) in [5.41, 5.74) is 8.05. The number of fused-ring (bicyclic) bond motifs is 14. The molecule has 13 rings (SSSR count). The molecule has 81 heavy (non-hydrogen) atoms. The Bertz CT molecular complexity index is 3420. The van der Waals surface area contributed by atoms with Crippen LogP contribution in [0.3, 0.4) is 0 Å². The smallest absolute Gasteiger partial charge is 0.340 e. The Kier molecular flexibility index (Phi) is 15.6. The van der Waals surface area contributed by atoms with Gasteiger partial charge in [-0.15, -0.1) is 0 Å². The Labute approximate surface area is 475 Å². The number of carbonyl (C=O) groups excluding carboxylic acids is 2. The Morgan fingerprint density at radius 3 is 2.33 bits per heavy atom. The number of benzene rings is 5. The van der Waals surface area contributed by atoms with Crippen molar-refractivity contribution >= 4 is 29.0 Å². The second-order valence-corrected chi connectivity index (χ2v) is 24.4. The van der Waals surface area contributed by atoms with E-state index in [0.717, 1.165) is 43.2 Å². The summed E-state index contributed by atoms with van der Waals surface area (Å²) in [7, 11) is 1.51. The van der Waals surface area contributed by atoms with Gasteiger partial charge in [0.05, 0.1) is 25.4 Å². The summed E-state index contributed by atoms with van der Waals surface area (Å²) in [4.78, 5) is 45.6. The minimum atomic E-state index is -1.35. The van der Waals surface area contributed by atoms with Crippen LogP contribution in [-0.4, -0.2) is 65.9 Å². The first-order valence-corrected chi connectivity index (χ1v) is 29.7. The molecule has 10 atom stereocenters. The van der Waals surface area contributed by atoms with Gasteiger partial charge in [-0.3, -0.25) is 4.79 Å². The van der Waals surface area contributed by atoms with Gasteiger partial charge in [0.2, 0.25) is 0 Å². The average Bonchev–Trinajstić information content (AvgIpc) is 4.30. The summed E-state index contributed by atoms with van der Waals surface area (Å²) in [5.74, 6) is -1.28. The molecule has 1 aromatic heterocycles. The van der Waals surface area contributed by atoms with E-state index >= 15 is 9.59 Å². The van der Waals surface area contributed by atoms with Gasteiger partial charge in [-0.05, 0) is 170 Å². The lowest BCUT2D eigenvalue weighted by atomic mass is 9.67. The molecule has 0 amide bonds. The molecular weight excluding hydrogens is 1020 g/mol. The van der Waals surface area contributed by atoms with Gasteiger partial charge in [0, 0.05) is 53.9 Å². The lowest BCUT2D eigenvalue weighted by molar-refractivity contribution is -0.199. The molecule has 11 heteroatoms. The van der Waals surface area contributed by atoms with Crippen LogP contribution in [-0.2, 0) is 42.2 Å². The quantitative estimate of drug-likeness (QED) is 0.0643. The molecule has 11 nitrogen and oxygen atoms in total. The summed E-state index contributed by atoms with van der Waals surface area (Å²) < 4.78 is 33.3. The Balaban J connectivity index is 0.992. The number of allylic oxidation sites excluding steroid dienone is 1. The SMILES string of the molecule is COC[C@@H](CCO)c1c(CO)c2ccc3c(c2oc1=O)[C@H]1OC(=O)C[C@@H]2C[C@H](c4cccc(C5(c6ccccc6)CCCC5)c4)CC[C@H]2c2ccc(cc2)CC/C(=C(\C)CO)C(=O)O[C@@H]1[C@](C)([C@H]1C[C@@H]2C=Cc4ccccc4[C@@H]2C1)O3. The van der Waals surface area contributed by atoms with Crippen LogP contribution in [0.25, 0.3) is 17.0 Å². The first-order chi connectivity index (χ1) is 39.4. The van der Waals surface area contributed by atoms with E-state index in [2.05, 4.69) is 109 Å². The number of esters is 2. The van der Waals surface area contributed by atoms with E-state index in [1.54, 1.807) is 19.1 Å². The van der Waals surface area contributed by atoms with Crippen LogP contribution in [0, 0.1) is 17.8 Å². The van der Waals surface area contributed by atoms with E-state index in [-0.39, 0.29) is 96.7 Å². The molecule has 6 aromatic rings. The first kappa shape index (κ1) is 54.9. The Hall–Kier alpha value is -6.63. The van der Waals surface area contributed by atoms with Crippen molar-refractivity contribution in [2.45, 2.75) is 151 Å². The zero-order chi connectivity index (χ0) is 56.0. The third-order valence-corrected chi connectivity index (χ3v) is 20.1. The molecule has 2 bridgehead atoms. The summed E-state index contributed by atoms with van der Waals surface area (Å²) in [6, 6.07) is 40.8. The number of hydrogen-bond donors (Lipinski definition) is 3. The van der Waals surface area contributed by atoms with Gasteiger partial charge < -0.3 is 38.7 Å². The first-order valence-electron chi connectivity index (χ1n) is 29.7. The van der Waals surface area contributed by atoms with Crippen LogP contribution in [0.1, 0.15) is 176 Å². The number of methoxy groups -OCH3 is 1. The average molecular weight is 1090 g/mol. The Morgan fingerprint density at radius 2 is 1.57 bits per heavy atom.